The first-order valence-electron chi connectivity index (χ1n) is 5.18. The highest BCUT2D eigenvalue weighted by Crippen LogP contribution is 2.12. The van der Waals surface area contributed by atoms with Gasteiger partial charge in [-0.3, -0.25) is 4.79 Å². The van der Waals surface area contributed by atoms with Crippen molar-refractivity contribution in [1.82, 2.24) is 4.57 Å². The summed E-state index contributed by atoms with van der Waals surface area (Å²) in [6.45, 7) is 0. The number of carbonyl (C=O) groups excluding carboxylic acids is 1. The molecule has 0 unspecified atom stereocenters. The van der Waals surface area contributed by atoms with Gasteiger partial charge in [-0.2, -0.15) is 0 Å². The Morgan fingerprint density at radius 3 is 2.65 bits per heavy atom. The van der Waals surface area contributed by atoms with E-state index in [0.29, 0.717) is 0 Å². The average Bonchev–Trinajstić information content (AvgIpc) is 2.78. The lowest BCUT2D eigenvalue weighted by Crippen LogP contribution is -2.03. The Morgan fingerprint density at radius 1 is 1.29 bits per heavy atom. The fourth-order valence-corrected chi connectivity index (χ4v) is 1.56. The van der Waals surface area contributed by atoms with Crippen LogP contribution in [0.3, 0.4) is 0 Å². The van der Waals surface area contributed by atoms with Crippen LogP contribution in [0, 0.1) is 5.82 Å². The molecule has 1 heterocycles. The van der Waals surface area contributed by atoms with Gasteiger partial charge in [-0.25, -0.2) is 4.39 Å². The fraction of sp³-hybridized carbons (Fsp3) is 0.154. The lowest BCUT2D eigenvalue weighted by molar-refractivity contribution is -0.139. The molecule has 0 aliphatic carbocycles. The molecule has 0 aliphatic rings. The number of hydrogen-bond donors (Lipinski definition) is 0. The topological polar surface area (TPSA) is 31.2 Å². The van der Waals surface area contributed by atoms with Crippen LogP contribution < -0.4 is 0 Å². The van der Waals surface area contributed by atoms with Crippen molar-refractivity contribution in [3.63, 3.8) is 0 Å². The number of ether oxygens (including phenoxy) is 1. The zero-order valence-electron chi connectivity index (χ0n) is 9.39. The molecule has 2 aromatic rings. The molecule has 88 valence electrons. The Morgan fingerprint density at radius 2 is 2.00 bits per heavy atom. The van der Waals surface area contributed by atoms with Crippen molar-refractivity contribution in [3.05, 3.63) is 54.1 Å². The molecule has 0 atom stereocenters. The van der Waals surface area contributed by atoms with Crippen molar-refractivity contribution < 1.29 is 13.9 Å². The predicted octanol–water partition coefficient (Wildman–Crippen LogP) is 2.33. The summed E-state index contributed by atoms with van der Waals surface area (Å²) in [5.74, 6) is -0.544. The van der Waals surface area contributed by atoms with Crippen molar-refractivity contribution in [2.75, 3.05) is 7.11 Å². The van der Waals surface area contributed by atoms with Crippen LogP contribution in [0.5, 0.6) is 0 Å². The maximum atomic E-state index is 12.8. The summed E-state index contributed by atoms with van der Waals surface area (Å²) in [5, 5.41) is 0. The van der Waals surface area contributed by atoms with Gasteiger partial charge in [0.1, 0.15) is 5.82 Å². The molecule has 0 amide bonds. The third-order valence-corrected chi connectivity index (χ3v) is 2.46. The number of rotatable bonds is 3. The van der Waals surface area contributed by atoms with Gasteiger partial charge in [-0.1, -0.05) is 0 Å². The minimum Gasteiger partial charge on any atom is -0.469 e. The van der Waals surface area contributed by atoms with E-state index in [1.807, 2.05) is 23.0 Å². The number of aromatic nitrogens is 1. The van der Waals surface area contributed by atoms with E-state index < -0.39 is 0 Å². The summed E-state index contributed by atoms with van der Waals surface area (Å²) < 4.78 is 19.2. The van der Waals surface area contributed by atoms with Crippen LogP contribution in [-0.4, -0.2) is 17.6 Å². The van der Waals surface area contributed by atoms with Gasteiger partial charge in [0.2, 0.25) is 0 Å². The molecule has 0 saturated carbocycles. The molecule has 0 bridgehead atoms. The maximum absolute atomic E-state index is 12.8. The lowest BCUT2D eigenvalue weighted by Gasteiger charge is -2.01. The number of esters is 1. The molecule has 2 rings (SSSR count). The van der Waals surface area contributed by atoms with Gasteiger partial charge in [0.15, 0.2) is 0 Å². The number of benzene rings is 1. The first-order chi connectivity index (χ1) is 8.19. The Balaban J connectivity index is 2.18. The summed E-state index contributed by atoms with van der Waals surface area (Å²) >= 11 is 0. The molecule has 0 saturated heterocycles. The number of nitrogens with zero attached hydrogens (tertiary/aromatic N) is 1. The second kappa shape index (κ2) is 4.82. The van der Waals surface area contributed by atoms with Crippen molar-refractivity contribution >= 4 is 5.97 Å². The smallest absolute Gasteiger partial charge is 0.310 e. The van der Waals surface area contributed by atoms with Gasteiger partial charge in [-0.05, 0) is 35.9 Å². The van der Waals surface area contributed by atoms with E-state index in [0.717, 1.165) is 11.3 Å². The van der Waals surface area contributed by atoms with E-state index in [-0.39, 0.29) is 18.2 Å². The quantitative estimate of drug-likeness (QED) is 0.762. The molecule has 4 heteroatoms. The molecular weight excluding hydrogens is 221 g/mol. The van der Waals surface area contributed by atoms with Crippen molar-refractivity contribution in [3.8, 4) is 5.69 Å². The van der Waals surface area contributed by atoms with Gasteiger partial charge in [-0.15, -0.1) is 0 Å². The SMILES string of the molecule is COC(=O)Cc1ccn(-c2ccc(F)cc2)c1. The second-order valence-corrected chi connectivity index (χ2v) is 3.66. The molecule has 0 spiro atoms. The first-order valence-corrected chi connectivity index (χ1v) is 5.18. The van der Waals surface area contributed by atoms with Crippen LogP contribution in [0.25, 0.3) is 5.69 Å². The Bertz CT molecular complexity index is 516. The third kappa shape index (κ3) is 2.72. The number of hydrogen-bond acceptors (Lipinski definition) is 2. The fourth-order valence-electron chi connectivity index (χ4n) is 1.56. The molecular formula is C13H12FNO2. The predicted molar refractivity (Wildman–Crippen MR) is 61.4 cm³/mol. The summed E-state index contributed by atoms with van der Waals surface area (Å²) in [5.41, 5.74) is 1.71. The Labute approximate surface area is 98.4 Å². The molecule has 1 aromatic carbocycles. The molecule has 3 nitrogen and oxygen atoms in total. The number of halogens is 1. The van der Waals surface area contributed by atoms with Crippen LogP contribution in [-0.2, 0) is 16.0 Å². The lowest BCUT2D eigenvalue weighted by atomic mass is 10.2. The molecule has 0 radical (unpaired) electrons. The molecule has 0 aliphatic heterocycles. The zero-order chi connectivity index (χ0) is 12.3. The van der Waals surface area contributed by atoms with Crippen LogP contribution >= 0.6 is 0 Å². The van der Waals surface area contributed by atoms with E-state index in [2.05, 4.69) is 4.74 Å². The number of carbonyl (C=O) groups is 1. The first kappa shape index (κ1) is 11.4. The molecule has 1 aromatic heterocycles. The van der Waals surface area contributed by atoms with Gasteiger partial charge in [0.25, 0.3) is 0 Å². The van der Waals surface area contributed by atoms with Crippen molar-refractivity contribution in [2.24, 2.45) is 0 Å². The largest absolute Gasteiger partial charge is 0.469 e. The van der Waals surface area contributed by atoms with E-state index in [9.17, 15) is 9.18 Å². The highest BCUT2D eigenvalue weighted by molar-refractivity contribution is 5.72. The van der Waals surface area contributed by atoms with Crippen LogP contribution in [0.2, 0.25) is 0 Å². The van der Waals surface area contributed by atoms with E-state index in [4.69, 9.17) is 0 Å². The summed E-state index contributed by atoms with van der Waals surface area (Å²) in [6, 6.07) is 7.99. The van der Waals surface area contributed by atoms with E-state index in [1.165, 1.54) is 19.2 Å². The van der Waals surface area contributed by atoms with Crippen LogP contribution in [0.15, 0.2) is 42.7 Å². The molecule has 0 fully saturated rings. The Kier molecular flexibility index (Phi) is 3.23. The monoisotopic (exact) mass is 233 g/mol. The van der Waals surface area contributed by atoms with Gasteiger partial charge in [0, 0.05) is 18.1 Å². The Hall–Kier alpha value is -2.10. The van der Waals surface area contributed by atoms with Crippen LogP contribution in [0.4, 0.5) is 4.39 Å². The van der Waals surface area contributed by atoms with Crippen LogP contribution in [0.1, 0.15) is 5.56 Å². The minimum absolute atomic E-state index is 0.241. The summed E-state index contributed by atoms with van der Waals surface area (Å²) in [7, 11) is 1.36. The summed E-state index contributed by atoms with van der Waals surface area (Å²) in [6.07, 6.45) is 3.89. The van der Waals surface area contributed by atoms with Crippen molar-refractivity contribution in [1.29, 1.82) is 0 Å². The van der Waals surface area contributed by atoms with Gasteiger partial charge < -0.3 is 9.30 Å². The normalized spacial score (nSPS) is 10.2. The zero-order valence-corrected chi connectivity index (χ0v) is 9.39. The number of methoxy groups -OCH3 is 1. The van der Waals surface area contributed by atoms with Crippen molar-refractivity contribution in [2.45, 2.75) is 6.42 Å². The maximum Gasteiger partial charge on any atom is 0.310 e. The second-order valence-electron chi connectivity index (χ2n) is 3.66. The summed E-state index contributed by atoms with van der Waals surface area (Å²) in [4.78, 5) is 11.1. The average molecular weight is 233 g/mol. The molecule has 17 heavy (non-hydrogen) atoms. The highest BCUT2D eigenvalue weighted by atomic mass is 19.1. The molecule has 0 N–H and O–H groups in total. The van der Waals surface area contributed by atoms with E-state index >= 15 is 0 Å². The van der Waals surface area contributed by atoms with Gasteiger partial charge in [0.05, 0.1) is 13.5 Å². The standard InChI is InChI=1S/C13H12FNO2/c1-17-13(16)8-10-6-7-15(9-10)12-4-2-11(14)3-5-12/h2-7,9H,8H2,1H3. The minimum atomic E-state index is -0.276. The van der Waals surface area contributed by atoms with Gasteiger partial charge >= 0.3 is 5.97 Å². The third-order valence-electron chi connectivity index (χ3n) is 2.46. The van der Waals surface area contributed by atoms with E-state index in [1.54, 1.807) is 12.1 Å². The highest BCUT2D eigenvalue weighted by Gasteiger charge is 2.05.